The second-order valence-electron chi connectivity index (χ2n) is 16.9. The summed E-state index contributed by atoms with van der Waals surface area (Å²) in [4.78, 5) is 4.98. The van der Waals surface area contributed by atoms with E-state index in [0.29, 0.717) is 0 Å². The molecule has 0 aliphatic heterocycles. The standard InChI is InChI=1S/C18H30.C17H29N.2C2H6/c1-16(2,3)13-10-11-14(17(4,5)6)15(12-13)18(7,8)9;1-15(2,3)12-10-11-13(16(4,5)6)18-14(12)17(7,8)9;2*1-2/h10-12H,1-9H3;10-11H,1-9H3;2*1-2H3. The van der Waals surface area contributed by atoms with Crippen molar-refractivity contribution in [3.8, 4) is 0 Å². The first kappa shape index (κ1) is 40.5. The van der Waals surface area contributed by atoms with Gasteiger partial charge in [-0.1, -0.05) is 177 Å². The van der Waals surface area contributed by atoms with Gasteiger partial charge in [-0.15, -0.1) is 0 Å². The van der Waals surface area contributed by atoms with Gasteiger partial charge in [-0.2, -0.15) is 0 Å². The van der Waals surface area contributed by atoms with E-state index in [-0.39, 0.29) is 32.5 Å². The Kier molecular flexibility index (Phi) is 14.7. The average molecular weight is 554 g/mol. The third kappa shape index (κ3) is 12.5. The molecule has 1 aromatic heterocycles. The van der Waals surface area contributed by atoms with E-state index in [1.165, 1.54) is 33.6 Å². The van der Waals surface area contributed by atoms with E-state index in [1.807, 2.05) is 27.7 Å². The number of benzene rings is 1. The molecule has 0 saturated carbocycles. The number of hydrogen-bond acceptors (Lipinski definition) is 1. The van der Waals surface area contributed by atoms with Crippen molar-refractivity contribution in [2.45, 2.75) is 185 Å². The second-order valence-corrected chi connectivity index (χ2v) is 16.9. The molecule has 0 unspecified atom stereocenters. The molecule has 0 atom stereocenters. The summed E-state index contributed by atoms with van der Waals surface area (Å²) in [6, 6.07) is 11.5. The molecule has 232 valence electrons. The van der Waals surface area contributed by atoms with Gasteiger partial charge in [0, 0.05) is 22.2 Å². The Bertz CT molecular complexity index is 926. The van der Waals surface area contributed by atoms with Crippen molar-refractivity contribution in [2.75, 3.05) is 0 Å². The number of pyridine rings is 1. The topological polar surface area (TPSA) is 12.9 Å². The molecular formula is C39H71N. The van der Waals surface area contributed by atoms with Crippen molar-refractivity contribution in [2.24, 2.45) is 0 Å². The third-order valence-corrected chi connectivity index (χ3v) is 6.68. The number of aromatic nitrogens is 1. The van der Waals surface area contributed by atoms with Crippen LogP contribution in [0.3, 0.4) is 0 Å². The monoisotopic (exact) mass is 554 g/mol. The Morgan fingerprint density at radius 2 is 0.750 bits per heavy atom. The Morgan fingerprint density at radius 3 is 1.05 bits per heavy atom. The van der Waals surface area contributed by atoms with E-state index in [2.05, 4.69) is 155 Å². The van der Waals surface area contributed by atoms with Crippen LogP contribution in [0.5, 0.6) is 0 Å². The van der Waals surface area contributed by atoms with Crippen LogP contribution in [0.4, 0.5) is 0 Å². The molecule has 0 amide bonds. The molecule has 2 rings (SSSR count). The summed E-state index contributed by atoms with van der Waals surface area (Å²) in [5.41, 5.74) is 9.14. The zero-order chi connectivity index (χ0) is 32.7. The van der Waals surface area contributed by atoms with Gasteiger partial charge in [0.25, 0.3) is 0 Å². The third-order valence-electron chi connectivity index (χ3n) is 6.68. The van der Waals surface area contributed by atoms with Crippen molar-refractivity contribution < 1.29 is 0 Å². The highest BCUT2D eigenvalue weighted by molar-refractivity contribution is 5.42. The summed E-state index contributed by atoms with van der Waals surface area (Å²) < 4.78 is 0. The highest BCUT2D eigenvalue weighted by Gasteiger charge is 2.29. The summed E-state index contributed by atoms with van der Waals surface area (Å²) in [5.74, 6) is 0. The summed E-state index contributed by atoms with van der Waals surface area (Å²) in [6.45, 7) is 48.9. The maximum Gasteiger partial charge on any atom is 0.0497 e. The lowest BCUT2D eigenvalue weighted by molar-refractivity contribution is 0.495. The maximum absolute atomic E-state index is 4.98. The fourth-order valence-electron chi connectivity index (χ4n) is 4.34. The van der Waals surface area contributed by atoms with Gasteiger partial charge in [-0.3, -0.25) is 4.98 Å². The first-order valence-corrected chi connectivity index (χ1v) is 15.8. The van der Waals surface area contributed by atoms with Crippen LogP contribution in [0.25, 0.3) is 0 Å². The minimum absolute atomic E-state index is 0.0872. The molecule has 1 aromatic carbocycles. The number of hydrogen-bond donors (Lipinski definition) is 0. The van der Waals surface area contributed by atoms with Gasteiger partial charge >= 0.3 is 0 Å². The smallest absolute Gasteiger partial charge is 0.0497 e. The molecule has 0 spiro atoms. The zero-order valence-corrected chi connectivity index (χ0v) is 31.3. The van der Waals surface area contributed by atoms with Gasteiger partial charge < -0.3 is 0 Å². The lowest BCUT2D eigenvalue weighted by Gasteiger charge is -2.32. The van der Waals surface area contributed by atoms with E-state index in [9.17, 15) is 0 Å². The van der Waals surface area contributed by atoms with Crippen molar-refractivity contribution in [1.82, 2.24) is 4.98 Å². The second kappa shape index (κ2) is 14.5. The average Bonchev–Trinajstić information content (AvgIpc) is 2.78. The molecule has 0 bridgehead atoms. The predicted molar refractivity (Wildman–Crippen MR) is 186 cm³/mol. The van der Waals surface area contributed by atoms with Crippen LogP contribution in [-0.4, -0.2) is 4.98 Å². The Balaban J connectivity index is 0. The first-order valence-electron chi connectivity index (χ1n) is 15.8. The fraction of sp³-hybridized carbons (Fsp3) is 0.718. The lowest BCUT2D eigenvalue weighted by atomic mass is 9.73. The molecule has 1 nitrogen and oxygen atoms in total. The molecule has 0 radical (unpaired) electrons. The van der Waals surface area contributed by atoms with Crippen LogP contribution < -0.4 is 0 Å². The Morgan fingerprint density at radius 1 is 0.375 bits per heavy atom. The molecule has 0 aliphatic rings. The van der Waals surface area contributed by atoms with Gasteiger partial charge in [0.15, 0.2) is 0 Å². The molecular weight excluding hydrogens is 482 g/mol. The van der Waals surface area contributed by atoms with Gasteiger partial charge in [0.05, 0.1) is 0 Å². The van der Waals surface area contributed by atoms with Crippen LogP contribution in [0.1, 0.15) is 186 Å². The SMILES string of the molecule is CC.CC.CC(C)(C)c1ccc(C(C)(C)C)c(C(C)(C)C)c1.CC(C)(C)c1ccc(C(C)(C)C)c(C(C)(C)C)n1. The van der Waals surface area contributed by atoms with Crippen molar-refractivity contribution in [3.63, 3.8) is 0 Å². The lowest BCUT2D eigenvalue weighted by Crippen LogP contribution is -2.26. The molecule has 0 fully saturated rings. The Labute approximate surface area is 253 Å². The molecule has 0 saturated heterocycles. The molecule has 1 heterocycles. The van der Waals surface area contributed by atoms with Gasteiger partial charge in [0.1, 0.15) is 0 Å². The van der Waals surface area contributed by atoms with Crippen LogP contribution in [0, 0.1) is 0 Å². The molecule has 40 heavy (non-hydrogen) atoms. The van der Waals surface area contributed by atoms with Crippen molar-refractivity contribution in [1.29, 1.82) is 0 Å². The van der Waals surface area contributed by atoms with Gasteiger partial charge in [-0.05, 0) is 50.0 Å². The van der Waals surface area contributed by atoms with E-state index < -0.39 is 0 Å². The summed E-state index contributed by atoms with van der Waals surface area (Å²) in [6.07, 6.45) is 0. The molecule has 0 aliphatic carbocycles. The molecule has 1 heteroatoms. The van der Waals surface area contributed by atoms with Crippen molar-refractivity contribution in [3.05, 3.63) is 64.0 Å². The van der Waals surface area contributed by atoms with Crippen LogP contribution >= 0.6 is 0 Å². The van der Waals surface area contributed by atoms with Gasteiger partial charge in [0.2, 0.25) is 0 Å². The normalized spacial score (nSPS) is 12.8. The fourth-order valence-corrected chi connectivity index (χ4v) is 4.34. The van der Waals surface area contributed by atoms with Crippen LogP contribution in [0.2, 0.25) is 0 Å². The van der Waals surface area contributed by atoms with E-state index in [0.717, 1.165) is 0 Å². The molecule has 2 aromatic rings. The maximum atomic E-state index is 4.98. The largest absolute Gasteiger partial charge is 0.256 e. The van der Waals surface area contributed by atoms with Crippen LogP contribution in [-0.2, 0) is 32.5 Å². The van der Waals surface area contributed by atoms with E-state index >= 15 is 0 Å². The number of rotatable bonds is 0. The van der Waals surface area contributed by atoms with Gasteiger partial charge in [-0.25, -0.2) is 0 Å². The predicted octanol–water partition coefficient (Wildman–Crippen LogP) is 12.6. The van der Waals surface area contributed by atoms with Crippen molar-refractivity contribution >= 4 is 0 Å². The van der Waals surface area contributed by atoms with E-state index in [1.54, 1.807) is 0 Å². The van der Waals surface area contributed by atoms with Crippen LogP contribution in [0.15, 0.2) is 30.3 Å². The minimum atomic E-state index is 0.0872. The summed E-state index contributed by atoms with van der Waals surface area (Å²) >= 11 is 0. The van der Waals surface area contributed by atoms with E-state index in [4.69, 9.17) is 4.98 Å². The summed E-state index contributed by atoms with van der Waals surface area (Å²) in [5, 5.41) is 0. The summed E-state index contributed by atoms with van der Waals surface area (Å²) in [7, 11) is 0. The highest BCUT2D eigenvalue weighted by atomic mass is 14.8. The minimum Gasteiger partial charge on any atom is -0.256 e. The molecule has 0 N–H and O–H groups in total. The zero-order valence-electron chi connectivity index (χ0n) is 31.3. The first-order chi connectivity index (χ1) is 17.7. The highest BCUT2D eigenvalue weighted by Crippen LogP contribution is 2.37. The quantitative estimate of drug-likeness (QED) is 0.316. The number of nitrogens with zero attached hydrogens (tertiary/aromatic N) is 1. The Hall–Kier alpha value is -1.63.